The van der Waals surface area contributed by atoms with E-state index in [9.17, 15) is 0 Å². The Labute approximate surface area is 169 Å². The van der Waals surface area contributed by atoms with Crippen LogP contribution in [0.2, 0.25) is 0 Å². The molecule has 1 atom stereocenters. The molecule has 5 nitrogen and oxygen atoms in total. The molecule has 1 aromatic heterocycles. The Bertz CT molecular complexity index is 744. The van der Waals surface area contributed by atoms with Crippen LogP contribution in [0.1, 0.15) is 37.1 Å². The third kappa shape index (κ3) is 5.80. The molecule has 0 spiro atoms. The van der Waals surface area contributed by atoms with Crippen molar-refractivity contribution in [2.75, 3.05) is 26.2 Å². The van der Waals surface area contributed by atoms with Crippen LogP contribution in [0.3, 0.4) is 0 Å². The van der Waals surface area contributed by atoms with Crippen LogP contribution in [0, 0.1) is 0 Å². The first-order chi connectivity index (χ1) is 13.8. The lowest BCUT2D eigenvalue weighted by Gasteiger charge is -2.34. The SMILES string of the molecule is CCNC(=NCC(CC)N1CCc2ccccc2C1)NCCc1ccccn1. The molecule has 28 heavy (non-hydrogen) atoms. The van der Waals surface area contributed by atoms with E-state index in [-0.39, 0.29) is 0 Å². The maximum absolute atomic E-state index is 4.88. The van der Waals surface area contributed by atoms with Crippen LogP contribution >= 0.6 is 0 Å². The minimum atomic E-state index is 0.472. The third-order valence-corrected chi connectivity index (χ3v) is 5.35. The molecule has 0 amide bonds. The van der Waals surface area contributed by atoms with E-state index in [0.717, 1.165) is 63.6 Å². The Morgan fingerprint density at radius 3 is 2.68 bits per heavy atom. The highest BCUT2D eigenvalue weighted by Crippen LogP contribution is 2.21. The van der Waals surface area contributed by atoms with Gasteiger partial charge in [-0.1, -0.05) is 37.3 Å². The van der Waals surface area contributed by atoms with Gasteiger partial charge in [-0.2, -0.15) is 0 Å². The van der Waals surface area contributed by atoms with Crippen molar-refractivity contribution < 1.29 is 0 Å². The van der Waals surface area contributed by atoms with Crippen molar-refractivity contribution in [1.29, 1.82) is 0 Å². The molecule has 5 heteroatoms. The molecule has 0 aliphatic carbocycles. The summed E-state index contributed by atoms with van der Waals surface area (Å²) in [4.78, 5) is 11.8. The van der Waals surface area contributed by atoms with E-state index in [4.69, 9.17) is 4.99 Å². The molecule has 1 aliphatic rings. The lowest BCUT2D eigenvalue weighted by atomic mass is 9.98. The van der Waals surface area contributed by atoms with E-state index in [1.807, 2.05) is 18.3 Å². The number of hydrogen-bond donors (Lipinski definition) is 2. The van der Waals surface area contributed by atoms with Gasteiger partial charge >= 0.3 is 0 Å². The van der Waals surface area contributed by atoms with Crippen LogP contribution in [0.4, 0.5) is 0 Å². The summed E-state index contributed by atoms with van der Waals surface area (Å²) in [5, 5.41) is 6.81. The topological polar surface area (TPSA) is 52.6 Å². The number of pyridine rings is 1. The Hall–Kier alpha value is -2.40. The Balaban J connectivity index is 1.54. The van der Waals surface area contributed by atoms with Crippen molar-refractivity contribution in [2.45, 2.75) is 45.7 Å². The molecule has 3 rings (SSSR count). The van der Waals surface area contributed by atoms with Crippen molar-refractivity contribution in [3.05, 3.63) is 65.5 Å². The number of nitrogens with one attached hydrogen (secondary N) is 2. The van der Waals surface area contributed by atoms with Crippen LogP contribution in [-0.2, 0) is 19.4 Å². The fourth-order valence-corrected chi connectivity index (χ4v) is 3.73. The quantitative estimate of drug-likeness (QED) is 0.547. The highest BCUT2D eigenvalue weighted by Gasteiger charge is 2.22. The molecule has 0 bridgehead atoms. The lowest BCUT2D eigenvalue weighted by Crippen LogP contribution is -2.43. The van der Waals surface area contributed by atoms with Crippen LogP contribution < -0.4 is 10.6 Å². The van der Waals surface area contributed by atoms with Gasteiger partial charge in [0.15, 0.2) is 5.96 Å². The zero-order chi connectivity index (χ0) is 19.6. The van der Waals surface area contributed by atoms with Gasteiger partial charge in [-0.25, -0.2) is 0 Å². The Morgan fingerprint density at radius 2 is 1.93 bits per heavy atom. The molecule has 1 aromatic carbocycles. The van der Waals surface area contributed by atoms with E-state index < -0.39 is 0 Å². The predicted molar refractivity (Wildman–Crippen MR) is 117 cm³/mol. The largest absolute Gasteiger partial charge is 0.357 e. The second-order valence-electron chi connectivity index (χ2n) is 7.27. The molecule has 0 saturated heterocycles. The molecule has 1 unspecified atom stereocenters. The first-order valence-corrected chi connectivity index (χ1v) is 10.5. The minimum Gasteiger partial charge on any atom is -0.357 e. The summed E-state index contributed by atoms with van der Waals surface area (Å²) in [5.41, 5.74) is 4.07. The zero-order valence-electron chi connectivity index (χ0n) is 17.2. The van der Waals surface area contributed by atoms with Crippen LogP contribution in [0.5, 0.6) is 0 Å². The highest BCUT2D eigenvalue weighted by atomic mass is 15.2. The van der Waals surface area contributed by atoms with Crippen LogP contribution in [-0.4, -0.2) is 48.1 Å². The van der Waals surface area contributed by atoms with Gasteiger partial charge in [-0.05, 0) is 43.0 Å². The Kier molecular flexibility index (Phi) is 7.85. The van der Waals surface area contributed by atoms with Crippen molar-refractivity contribution in [3.63, 3.8) is 0 Å². The average Bonchev–Trinajstić information content (AvgIpc) is 2.75. The van der Waals surface area contributed by atoms with E-state index in [0.29, 0.717) is 6.04 Å². The molecular formula is C23H33N5. The first kappa shape index (κ1) is 20.3. The first-order valence-electron chi connectivity index (χ1n) is 10.5. The lowest BCUT2D eigenvalue weighted by molar-refractivity contribution is 0.178. The van der Waals surface area contributed by atoms with Crippen molar-refractivity contribution in [3.8, 4) is 0 Å². The van der Waals surface area contributed by atoms with Crippen molar-refractivity contribution in [2.24, 2.45) is 4.99 Å². The number of aromatic nitrogens is 1. The summed E-state index contributed by atoms with van der Waals surface area (Å²) >= 11 is 0. The molecule has 1 aliphatic heterocycles. The van der Waals surface area contributed by atoms with Gasteiger partial charge in [0.25, 0.3) is 0 Å². The van der Waals surface area contributed by atoms with Crippen molar-refractivity contribution >= 4 is 5.96 Å². The van der Waals surface area contributed by atoms with E-state index >= 15 is 0 Å². The number of benzene rings is 1. The highest BCUT2D eigenvalue weighted by molar-refractivity contribution is 5.79. The number of hydrogen-bond acceptors (Lipinski definition) is 3. The Morgan fingerprint density at radius 1 is 1.11 bits per heavy atom. The smallest absolute Gasteiger partial charge is 0.191 e. The average molecular weight is 380 g/mol. The number of guanidine groups is 1. The fraction of sp³-hybridized carbons (Fsp3) is 0.478. The second-order valence-corrected chi connectivity index (χ2v) is 7.27. The number of aliphatic imine (C=N–C) groups is 1. The molecule has 0 radical (unpaired) electrons. The standard InChI is InChI=1S/C23H33N5/c1-3-22(28-16-13-19-9-5-6-10-20(19)18-28)17-27-23(24-4-2)26-15-12-21-11-7-8-14-25-21/h5-11,14,22H,3-4,12-13,15-18H2,1-2H3,(H2,24,26,27). The maximum Gasteiger partial charge on any atom is 0.191 e. The summed E-state index contributed by atoms with van der Waals surface area (Å²) in [7, 11) is 0. The summed E-state index contributed by atoms with van der Waals surface area (Å²) < 4.78 is 0. The van der Waals surface area contributed by atoms with Crippen LogP contribution in [0.25, 0.3) is 0 Å². The summed E-state index contributed by atoms with van der Waals surface area (Å²) in [6.45, 7) is 9.04. The second kappa shape index (κ2) is 10.8. The predicted octanol–water partition coefficient (Wildman–Crippen LogP) is 3.02. The summed E-state index contributed by atoms with van der Waals surface area (Å²) in [5.74, 6) is 0.897. The van der Waals surface area contributed by atoms with E-state index in [2.05, 4.69) is 64.7 Å². The van der Waals surface area contributed by atoms with Gasteiger partial charge in [0.1, 0.15) is 0 Å². The molecule has 150 valence electrons. The minimum absolute atomic E-state index is 0.472. The van der Waals surface area contributed by atoms with Gasteiger partial charge in [-0.15, -0.1) is 0 Å². The molecule has 0 fully saturated rings. The molecule has 2 N–H and O–H groups in total. The number of fused-ring (bicyclic) bond motifs is 1. The number of rotatable bonds is 8. The maximum atomic E-state index is 4.88. The van der Waals surface area contributed by atoms with Gasteiger partial charge in [0.05, 0.1) is 6.54 Å². The van der Waals surface area contributed by atoms with Crippen LogP contribution in [0.15, 0.2) is 53.7 Å². The monoisotopic (exact) mass is 379 g/mol. The summed E-state index contributed by atoms with van der Waals surface area (Å²) in [6.07, 6.45) is 4.99. The van der Waals surface area contributed by atoms with Gasteiger partial charge in [0, 0.05) is 50.5 Å². The number of nitrogens with zero attached hydrogens (tertiary/aromatic N) is 3. The molecule has 2 heterocycles. The van der Waals surface area contributed by atoms with E-state index in [1.54, 1.807) is 0 Å². The van der Waals surface area contributed by atoms with Gasteiger partial charge < -0.3 is 10.6 Å². The molecular weight excluding hydrogens is 346 g/mol. The van der Waals surface area contributed by atoms with Gasteiger partial charge in [0.2, 0.25) is 0 Å². The normalized spacial score (nSPS) is 15.7. The fourth-order valence-electron chi connectivity index (χ4n) is 3.73. The molecule has 0 saturated carbocycles. The summed E-state index contributed by atoms with van der Waals surface area (Å²) in [6, 6.07) is 15.3. The van der Waals surface area contributed by atoms with Crippen molar-refractivity contribution in [1.82, 2.24) is 20.5 Å². The zero-order valence-corrected chi connectivity index (χ0v) is 17.2. The van der Waals surface area contributed by atoms with E-state index in [1.165, 1.54) is 11.1 Å². The third-order valence-electron chi connectivity index (χ3n) is 5.35. The van der Waals surface area contributed by atoms with Gasteiger partial charge in [-0.3, -0.25) is 14.9 Å². The molecule has 2 aromatic rings.